The number of nitrogens with one attached hydrogen (secondary N) is 1. The van der Waals surface area contributed by atoms with Crippen molar-refractivity contribution in [3.63, 3.8) is 0 Å². The van der Waals surface area contributed by atoms with Crippen molar-refractivity contribution in [3.05, 3.63) is 24.0 Å². The number of nitrogens with two attached hydrogens (primary N) is 1. The molecule has 1 atom stereocenters. The largest absolute Gasteiger partial charge is 0.397 e. The highest BCUT2D eigenvalue weighted by atomic mass is 16.2. The summed E-state index contributed by atoms with van der Waals surface area (Å²) in [5.41, 5.74) is 6.69. The molecule has 0 aromatic carbocycles. The van der Waals surface area contributed by atoms with Gasteiger partial charge in [0, 0.05) is 38.1 Å². The van der Waals surface area contributed by atoms with Gasteiger partial charge in [-0.1, -0.05) is 0 Å². The molecule has 1 aromatic rings. The standard InChI is InChI=1S/C11H16N4O/c1-8-7-15(3-2-14-8)11(16)9-4-10(12)6-13-5-9/h4-6,8,14H,2-3,7,12H2,1H3. The second kappa shape index (κ2) is 4.49. The van der Waals surface area contributed by atoms with Crippen molar-refractivity contribution < 1.29 is 4.79 Å². The molecule has 5 nitrogen and oxygen atoms in total. The van der Waals surface area contributed by atoms with Crippen LogP contribution in [0, 0.1) is 0 Å². The molecule has 86 valence electrons. The summed E-state index contributed by atoms with van der Waals surface area (Å²) in [6, 6.07) is 2.01. The van der Waals surface area contributed by atoms with Crippen LogP contribution >= 0.6 is 0 Å². The SMILES string of the molecule is CC1CN(C(=O)c2cncc(N)c2)CCN1. The quantitative estimate of drug-likeness (QED) is 0.704. The molecule has 1 fully saturated rings. The summed E-state index contributed by atoms with van der Waals surface area (Å²) in [7, 11) is 0. The van der Waals surface area contributed by atoms with Gasteiger partial charge in [0.15, 0.2) is 0 Å². The predicted molar refractivity (Wildman–Crippen MR) is 62.0 cm³/mol. The number of hydrogen-bond acceptors (Lipinski definition) is 4. The van der Waals surface area contributed by atoms with E-state index in [1.165, 1.54) is 6.20 Å². The van der Waals surface area contributed by atoms with Crippen LogP contribution in [0.15, 0.2) is 18.5 Å². The highest BCUT2D eigenvalue weighted by Crippen LogP contribution is 2.09. The lowest BCUT2D eigenvalue weighted by molar-refractivity contribution is 0.0708. The van der Waals surface area contributed by atoms with Crippen LogP contribution in [0.2, 0.25) is 0 Å². The zero-order valence-electron chi connectivity index (χ0n) is 9.31. The van der Waals surface area contributed by atoms with Crippen LogP contribution in [0.1, 0.15) is 17.3 Å². The number of rotatable bonds is 1. The van der Waals surface area contributed by atoms with Gasteiger partial charge in [0.05, 0.1) is 11.3 Å². The molecule has 0 bridgehead atoms. The number of aromatic nitrogens is 1. The van der Waals surface area contributed by atoms with Crippen molar-refractivity contribution in [2.75, 3.05) is 25.4 Å². The van der Waals surface area contributed by atoms with E-state index < -0.39 is 0 Å². The minimum Gasteiger partial charge on any atom is -0.397 e. The third-order valence-corrected chi connectivity index (χ3v) is 2.66. The Bertz CT molecular complexity index is 393. The molecule has 3 N–H and O–H groups in total. The second-order valence-electron chi connectivity index (χ2n) is 4.11. The maximum atomic E-state index is 12.1. The fourth-order valence-electron chi connectivity index (χ4n) is 1.87. The third-order valence-electron chi connectivity index (χ3n) is 2.66. The van der Waals surface area contributed by atoms with Gasteiger partial charge in [-0.25, -0.2) is 0 Å². The van der Waals surface area contributed by atoms with E-state index in [0.717, 1.165) is 19.6 Å². The van der Waals surface area contributed by atoms with Crippen molar-refractivity contribution in [1.29, 1.82) is 0 Å². The highest BCUT2D eigenvalue weighted by molar-refractivity contribution is 5.94. The summed E-state index contributed by atoms with van der Waals surface area (Å²) in [6.45, 7) is 4.37. The molecule has 0 saturated carbocycles. The van der Waals surface area contributed by atoms with E-state index in [0.29, 0.717) is 17.3 Å². The van der Waals surface area contributed by atoms with Gasteiger partial charge in [0.1, 0.15) is 0 Å². The predicted octanol–water partition coefficient (Wildman–Crippen LogP) is 0.0977. The van der Waals surface area contributed by atoms with Crippen molar-refractivity contribution in [1.82, 2.24) is 15.2 Å². The maximum absolute atomic E-state index is 12.1. The molecule has 16 heavy (non-hydrogen) atoms. The number of carbonyl (C=O) groups excluding carboxylic acids is 1. The van der Waals surface area contributed by atoms with E-state index in [-0.39, 0.29) is 5.91 Å². The van der Waals surface area contributed by atoms with Crippen molar-refractivity contribution in [2.24, 2.45) is 0 Å². The van der Waals surface area contributed by atoms with Gasteiger partial charge >= 0.3 is 0 Å². The normalized spacial score (nSPS) is 20.8. The summed E-state index contributed by atoms with van der Waals surface area (Å²) < 4.78 is 0. The van der Waals surface area contributed by atoms with Crippen LogP contribution in [0.4, 0.5) is 5.69 Å². The minimum absolute atomic E-state index is 0.00755. The molecule has 5 heteroatoms. The topological polar surface area (TPSA) is 71.2 Å². The van der Waals surface area contributed by atoms with E-state index in [9.17, 15) is 4.79 Å². The Kier molecular flexibility index (Phi) is 3.05. The van der Waals surface area contributed by atoms with Crippen LogP contribution < -0.4 is 11.1 Å². The van der Waals surface area contributed by atoms with E-state index in [1.54, 1.807) is 12.3 Å². The van der Waals surface area contributed by atoms with E-state index in [1.807, 2.05) is 4.90 Å². The third kappa shape index (κ3) is 2.30. The lowest BCUT2D eigenvalue weighted by atomic mass is 10.2. The fourth-order valence-corrected chi connectivity index (χ4v) is 1.87. The summed E-state index contributed by atoms with van der Waals surface area (Å²) >= 11 is 0. The number of carbonyl (C=O) groups is 1. The van der Waals surface area contributed by atoms with E-state index in [2.05, 4.69) is 17.2 Å². The molecule has 2 heterocycles. The molecular formula is C11H16N4O. The Morgan fingerprint density at radius 1 is 1.62 bits per heavy atom. The van der Waals surface area contributed by atoms with Crippen molar-refractivity contribution in [3.8, 4) is 0 Å². The first kappa shape index (κ1) is 10.9. The van der Waals surface area contributed by atoms with Gasteiger partial charge in [0.2, 0.25) is 0 Å². The molecule has 0 spiro atoms. The molecule has 0 radical (unpaired) electrons. The molecule has 1 saturated heterocycles. The van der Waals surface area contributed by atoms with Gasteiger partial charge in [-0.15, -0.1) is 0 Å². The number of pyridine rings is 1. The van der Waals surface area contributed by atoms with Crippen molar-refractivity contribution in [2.45, 2.75) is 13.0 Å². The zero-order valence-corrected chi connectivity index (χ0v) is 9.31. The Morgan fingerprint density at radius 2 is 2.44 bits per heavy atom. The number of anilines is 1. The number of nitrogens with zero attached hydrogens (tertiary/aromatic N) is 2. The molecule has 1 aromatic heterocycles. The first-order valence-electron chi connectivity index (χ1n) is 5.40. The van der Waals surface area contributed by atoms with Crippen LogP contribution in [0.3, 0.4) is 0 Å². The molecule has 2 rings (SSSR count). The Balaban J connectivity index is 2.12. The molecule has 0 aliphatic carbocycles. The monoisotopic (exact) mass is 220 g/mol. The smallest absolute Gasteiger partial charge is 0.255 e. The van der Waals surface area contributed by atoms with Crippen LogP contribution in [-0.4, -0.2) is 41.5 Å². The minimum atomic E-state index is 0.00755. The van der Waals surface area contributed by atoms with E-state index >= 15 is 0 Å². The Hall–Kier alpha value is -1.62. The van der Waals surface area contributed by atoms with Gasteiger partial charge in [0.25, 0.3) is 5.91 Å². The molecule has 1 unspecified atom stereocenters. The fraction of sp³-hybridized carbons (Fsp3) is 0.455. The Morgan fingerprint density at radius 3 is 3.12 bits per heavy atom. The highest BCUT2D eigenvalue weighted by Gasteiger charge is 2.21. The van der Waals surface area contributed by atoms with Gasteiger partial charge in [-0.05, 0) is 13.0 Å². The second-order valence-corrected chi connectivity index (χ2v) is 4.11. The van der Waals surface area contributed by atoms with Gasteiger partial charge in [-0.2, -0.15) is 0 Å². The first-order valence-corrected chi connectivity index (χ1v) is 5.40. The van der Waals surface area contributed by atoms with Gasteiger partial charge < -0.3 is 16.0 Å². The zero-order chi connectivity index (χ0) is 11.5. The number of hydrogen-bond donors (Lipinski definition) is 2. The number of nitrogen functional groups attached to an aromatic ring is 1. The maximum Gasteiger partial charge on any atom is 0.255 e. The molecule has 1 amide bonds. The number of amides is 1. The average molecular weight is 220 g/mol. The van der Waals surface area contributed by atoms with Crippen molar-refractivity contribution >= 4 is 11.6 Å². The summed E-state index contributed by atoms with van der Waals surface area (Å²) in [4.78, 5) is 17.9. The van der Waals surface area contributed by atoms with Gasteiger partial charge in [-0.3, -0.25) is 9.78 Å². The first-order chi connectivity index (χ1) is 7.66. The molecule has 1 aliphatic rings. The lowest BCUT2D eigenvalue weighted by Gasteiger charge is -2.31. The molecular weight excluding hydrogens is 204 g/mol. The molecule has 1 aliphatic heterocycles. The number of piperazine rings is 1. The average Bonchev–Trinajstić information content (AvgIpc) is 2.28. The van der Waals surface area contributed by atoms with Crippen LogP contribution in [0.5, 0.6) is 0 Å². The van der Waals surface area contributed by atoms with Crippen LogP contribution in [-0.2, 0) is 0 Å². The summed E-state index contributed by atoms with van der Waals surface area (Å²) in [5, 5.41) is 3.30. The summed E-state index contributed by atoms with van der Waals surface area (Å²) in [6.07, 6.45) is 3.10. The van der Waals surface area contributed by atoms with Crippen LogP contribution in [0.25, 0.3) is 0 Å². The summed E-state index contributed by atoms with van der Waals surface area (Å²) in [5.74, 6) is 0.00755. The Labute approximate surface area is 94.6 Å². The lowest BCUT2D eigenvalue weighted by Crippen LogP contribution is -2.51. The van der Waals surface area contributed by atoms with E-state index in [4.69, 9.17) is 5.73 Å².